The average Bonchev–Trinajstić information content (AvgIpc) is 2.81. The summed E-state index contributed by atoms with van der Waals surface area (Å²) in [5, 5.41) is 3.18. The van der Waals surface area contributed by atoms with Crippen molar-refractivity contribution in [3.8, 4) is 0 Å². The molecule has 0 saturated carbocycles. The van der Waals surface area contributed by atoms with E-state index in [9.17, 15) is 4.79 Å². The Labute approximate surface area is 160 Å². The smallest absolute Gasteiger partial charge is 0.232 e. The second kappa shape index (κ2) is 6.92. The van der Waals surface area contributed by atoms with Crippen molar-refractivity contribution in [3.63, 3.8) is 0 Å². The van der Waals surface area contributed by atoms with Crippen LogP contribution in [0.4, 0.5) is 17.1 Å². The Kier molecular flexibility index (Phi) is 4.44. The summed E-state index contributed by atoms with van der Waals surface area (Å²) in [5.74, 6) is -0.187. The number of aryl methyl sites for hydroxylation is 1. The third-order valence-corrected chi connectivity index (χ3v) is 5.63. The Bertz CT molecular complexity index is 1010. The quantitative estimate of drug-likeness (QED) is 0.671. The average molecular weight is 356 g/mol. The molecular formula is C24H24N2O. The molecule has 1 N–H and O–H groups in total. The third kappa shape index (κ3) is 3.10. The SMILES string of the molecule is Cc1cccc(NC(=O)[C@H]2Cc3ccccc3N(C)c3ccccc32)c1C. The van der Waals surface area contributed by atoms with Crippen LogP contribution in [0.1, 0.15) is 28.2 Å². The molecule has 3 nitrogen and oxygen atoms in total. The highest BCUT2D eigenvalue weighted by atomic mass is 16.1. The van der Waals surface area contributed by atoms with E-state index in [0.717, 1.165) is 28.2 Å². The lowest BCUT2D eigenvalue weighted by molar-refractivity contribution is -0.117. The summed E-state index contributed by atoms with van der Waals surface area (Å²) in [4.78, 5) is 15.5. The van der Waals surface area contributed by atoms with E-state index >= 15 is 0 Å². The fourth-order valence-electron chi connectivity index (χ4n) is 3.90. The van der Waals surface area contributed by atoms with Gasteiger partial charge < -0.3 is 10.2 Å². The first-order valence-corrected chi connectivity index (χ1v) is 9.34. The molecule has 0 unspecified atom stereocenters. The maximum atomic E-state index is 13.3. The van der Waals surface area contributed by atoms with E-state index in [1.807, 2.05) is 30.3 Å². The Balaban J connectivity index is 1.76. The van der Waals surface area contributed by atoms with Crippen molar-refractivity contribution in [2.75, 3.05) is 17.3 Å². The van der Waals surface area contributed by atoms with E-state index < -0.39 is 0 Å². The van der Waals surface area contributed by atoms with E-state index in [0.29, 0.717) is 6.42 Å². The van der Waals surface area contributed by atoms with Gasteiger partial charge in [-0.2, -0.15) is 0 Å². The predicted molar refractivity (Wildman–Crippen MR) is 112 cm³/mol. The van der Waals surface area contributed by atoms with Crippen molar-refractivity contribution in [2.24, 2.45) is 0 Å². The Morgan fingerprint density at radius 2 is 1.63 bits per heavy atom. The molecule has 0 saturated heterocycles. The lowest BCUT2D eigenvalue weighted by Gasteiger charge is -2.22. The number of hydrogen-bond donors (Lipinski definition) is 1. The van der Waals surface area contributed by atoms with Crippen LogP contribution in [0.25, 0.3) is 0 Å². The molecule has 1 atom stereocenters. The first-order chi connectivity index (χ1) is 13.1. The summed E-state index contributed by atoms with van der Waals surface area (Å²) in [6.07, 6.45) is 0.689. The number of carbonyl (C=O) groups excluding carboxylic acids is 1. The molecule has 1 heterocycles. The lowest BCUT2D eigenvalue weighted by atomic mass is 9.91. The van der Waals surface area contributed by atoms with Gasteiger partial charge in [0.15, 0.2) is 0 Å². The van der Waals surface area contributed by atoms with Crippen LogP contribution in [0.3, 0.4) is 0 Å². The molecule has 3 aromatic rings. The normalized spacial score (nSPS) is 15.5. The zero-order chi connectivity index (χ0) is 19.0. The van der Waals surface area contributed by atoms with Gasteiger partial charge in [0, 0.05) is 24.1 Å². The van der Waals surface area contributed by atoms with Gasteiger partial charge in [0.2, 0.25) is 5.91 Å². The number of fused-ring (bicyclic) bond motifs is 2. The van der Waals surface area contributed by atoms with Crippen molar-refractivity contribution < 1.29 is 4.79 Å². The summed E-state index contributed by atoms with van der Waals surface area (Å²) in [7, 11) is 2.07. The molecule has 1 amide bonds. The van der Waals surface area contributed by atoms with Crippen LogP contribution >= 0.6 is 0 Å². The van der Waals surface area contributed by atoms with Gasteiger partial charge >= 0.3 is 0 Å². The third-order valence-electron chi connectivity index (χ3n) is 5.63. The van der Waals surface area contributed by atoms with Gasteiger partial charge in [-0.3, -0.25) is 4.79 Å². The molecule has 3 heteroatoms. The molecule has 0 spiro atoms. The highest BCUT2D eigenvalue weighted by Crippen LogP contribution is 2.40. The number of carbonyl (C=O) groups is 1. The van der Waals surface area contributed by atoms with E-state index in [1.54, 1.807) is 0 Å². The van der Waals surface area contributed by atoms with E-state index in [4.69, 9.17) is 0 Å². The molecule has 0 aromatic heterocycles. The molecule has 0 radical (unpaired) electrons. The molecule has 1 aliphatic rings. The summed E-state index contributed by atoms with van der Waals surface area (Å²) in [6, 6.07) is 22.6. The van der Waals surface area contributed by atoms with Crippen LogP contribution in [0, 0.1) is 13.8 Å². The van der Waals surface area contributed by atoms with Gasteiger partial charge in [-0.25, -0.2) is 0 Å². The second-order valence-corrected chi connectivity index (χ2v) is 7.24. The monoisotopic (exact) mass is 356 g/mol. The maximum Gasteiger partial charge on any atom is 0.232 e. The summed E-state index contributed by atoms with van der Waals surface area (Å²) in [5.41, 5.74) is 7.69. The second-order valence-electron chi connectivity index (χ2n) is 7.24. The van der Waals surface area contributed by atoms with E-state index in [1.165, 1.54) is 11.1 Å². The van der Waals surface area contributed by atoms with Gasteiger partial charge in [-0.1, -0.05) is 48.5 Å². The fraction of sp³-hybridized carbons (Fsp3) is 0.208. The zero-order valence-corrected chi connectivity index (χ0v) is 16.0. The molecule has 4 rings (SSSR count). The Morgan fingerprint density at radius 3 is 2.44 bits per heavy atom. The minimum Gasteiger partial charge on any atom is -0.344 e. The molecule has 27 heavy (non-hydrogen) atoms. The van der Waals surface area contributed by atoms with Gasteiger partial charge in [0.1, 0.15) is 0 Å². The Hall–Kier alpha value is -3.07. The number of hydrogen-bond acceptors (Lipinski definition) is 2. The predicted octanol–water partition coefficient (Wildman–Crippen LogP) is 5.35. The van der Waals surface area contributed by atoms with Crippen LogP contribution in [0.15, 0.2) is 66.7 Å². The number of rotatable bonds is 2. The van der Waals surface area contributed by atoms with Crippen LogP contribution in [0.2, 0.25) is 0 Å². The first kappa shape index (κ1) is 17.3. The van der Waals surface area contributed by atoms with Gasteiger partial charge in [0.05, 0.1) is 5.92 Å². The molecule has 0 bridgehead atoms. The molecule has 0 fully saturated rings. The largest absolute Gasteiger partial charge is 0.344 e. The molecule has 1 aliphatic heterocycles. The number of anilines is 3. The number of amides is 1. The molecular weight excluding hydrogens is 332 g/mol. The van der Waals surface area contributed by atoms with Crippen molar-refractivity contribution in [1.29, 1.82) is 0 Å². The van der Waals surface area contributed by atoms with E-state index in [-0.39, 0.29) is 11.8 Å². The zero-order valence-electron chi connectivity index (χ0n) is 16.0. The molecule has 136 valence electrons. The standard InChI is InChI=1S/C24H24N2O/c1-16-9-8-12-21(17(16)2)25-24(27)20-15-18-10-4-6-13-22(18)26(3)23-14-7-5-11-19(20)23/h4-14,20H,15H2,1-3H3,(H,25,27)/t20-/m0/s1. The topological polar surface area (TPSA) is 32.3 Å². The van der Waals surface area contributed by atoms with Crippen LogP contribution in [-0.4, -0.2) is 13.0 Å². The van der Waals surface area contributed by atoms with Crippen molar-refractivity contribution in [2.45, 2.75) is 26.2 Å². The number of para-hydroxylation sites is 2. The van der Waals surface area contributed by atoms with Gasteiger partial charge in [0.25, 0.3) is 0 Å². The maximum absolute atomic E-state index is 13.3. The van der Waals surface area contributed by atoms with Crippen LogP contribution < -0.4 is 10.2 Å². The van der Waals surface area contributed by atoms with Crippen molar-refractivity contribution >= 4 is 23.0 Å². The van der Waals surface area contributed by atoms with Gasteiger partial charge in [-0.05, 0) is 60.7 Å². The van der Waals surface area contributed by atoms with Crippen LogP contribution in [-0.2, 0) is 11.2 Å². The lowest BCUT2D eigenvalue weighted by Crippen LogP contribution is -2.23. The van der Waals surface area contributed by atoms with Gasteiger partial charge in [-0.15, -0.1) is 0 Å². The van der Waals surface area contributed by atoms with Crippen LogP contribution in [0.5, 0.6) is 0 Å². The first-order valence-electron chi connectivity index (χ1n) is 9.34. The summed E-state index contributed by atoms with van der Waals surface area (Å²) < 4.78 is 0. The summed E-state index contributed by atoms with van der Waals surface area (Å²) in [6.45, 7) is 4.12. The molecule has 3 aromatic carbocycles. The number of nitrogens with one attached hydrogen (secondary N) is 1. The minimum absolute atomic E-state index is 0.0428. The number of benzene rings is 3. The highest BCUT2D eigenvalue weighted by Gasteiger charge is 2.29. The molecule has 0 aliphatic carbocycles. The highest BCUT2D eigenvalue weighted by molar-refractivity contribution is 5.98. The fourth-order valence-corrected chi connectivity index (χ4v) is 3.90. The van der Waals surface area contributed by atoms with Crippen molar-refractivity contribution in [1.82, 2.24) is 0 Å². The van der Waals surface area contributed by atoms with Crippen molar-refractivity contribution in [3.05, 3.63) is 89.0 Å². The van der Waals surface area contributed by atoms with E-state index in [2.05, 4.69) is 67.5 Å². The Morgan fingerprint density at radius 1 is 0.926 bits per heavy atom. The number of nitrogens with zero attached hydrogens (tertiary/aromatic N) is 1. The summed E-state index contributed by atoms with van der Waals surface area (Å²) >= 11 is 0. The minimum atomic E-state index is -0.229.